The molecule has 0 aliphatic rings. The minimum Gasteiger partial charge on any atom is -0.505 e. The summed E-state index contributed by atoms with van der Waals surface area (Å²) in [5, 5.41) is 24.1. The van der Waals surface area contributed by atoms with Gasteiger partial charge in [-0.3, -0.25) is 4.79 Å². The minimum atomic E-state index is -0.540. The zero-order chi connectivity index (χ0) is 27.6. The highest BCUT2D eigenvalue weighted by molar-refractivity contribution is 6.12. The molecular weight excluding hydrogens is 506 g/mol. The zero-order valence-electron chi connectivity index (χ0n) is 21.3. The van der Waals surface area contributed by atoms with Crippen LogP contribution in [0, 0.1) is 0 Å². The largest absolute Gasteiger partial charge is 0.505 e. The minimum absolute atomic E-state index is 0.0294. The van der Waals surface area contributed by atoms with Gasteiger partial charge in [-0.1, -0.05) is 60.7 Å². The van der Waals surface area contributed by atoms with Crippen LogP contribution >= 0.6 is 0 Å². The van der Waals surface area contributed by atoms with Crippen molar-refractivity contribution in [1.29, 1.82) is 0 Å². The number of phenolic OH excluding ortho intramolecular Hbond substituents is 1. The summed E-state index contributed by atoms with van der Waals surface area (Å²) >= 11 is 0. The van der Waals surface area contributed by atoms with E-state index in [1.54, 1.807) is 43.5 Å². The summed E-state index contributed by atoms with van der Waals surface area (Å²) < 4.78 is 5.57. The molecule has 0 saturated carbocycles. The smallest absolute Gasteiger partial charge is 0.323 e. The Morgan fingerprint density at radius 3 is 2.42 bits per heavy atom. The molecule has 0 atom stereocenters. The molecule has 9 nitrogen and oxygen atoms in total. The highest BCUT2D eigenvalue weighted by Gasteiger charge is 2.19. The van der Waals surface area contributed by atoms with E-state index in [-0.39, 0.29) is 22.7 Å². The Balaban J connectivity index is 1.37. The van der Waals surface area contributed by atoms with E-state index >= 15 is 0 Å². The number of aromatic hydroxyl groups is 1. The van der Waals surface area contributed by atoms with Gasteiger partial charge in [-0.2, -0.15) is 0 Å². The van der Waals surface area contributed by atoms with Gasteiger partial charge in [-0.25, -0.2) is 4.79 Å². The van der Waals surface area contributed by atoms with E-state index in [9.17, 15) is 14.7 Å². The fraction of sp³-hybridized carbons (Fsp3) is 0.0323. The predicted octanol–water partition coefficient (Wildman–Crippen LogP) is 7.06. The Morgan fingerprint density at radius 2 is 1.60 bits per heavy atom. The number of ether oxygens (including phenoxy) is 1. The van der Waals surface area contributed by atoms with Gasteiger partial charge in [0, 0.05) is 11.1 Å². The van der Waals surface area contributed by atoms with E-state index in [2.05, 4.69) is 25.5 Å². The number of H-pyrrole nitrogens is 2. The van der Waals surface area contributed by atoms with Crippen LogP contribution in [0.3, 0.4) is 0 Å². The maximum Gasteiger partial charge on any atom is 0.323 e. The lowest BCUT2D eigenvalue weighted by molar-refractivity contribution is 0.102. The molecule has 196 valence electrons. The first-order valence-electron chi connectivity index (χ1n) is 12.4. The van der Waals surface area contributed by atoms with Crippen LogP contribution in [0.4, 0.5) is 17.1 Å². The van der Waals surface area contributed by atoms with Crippen LogP contribution in [0.15, 0.2) is 112 Å². The lowest BCUT2D eigenvalue weighted by Crippen LogP contribution is -2.12. The number of anilines is 1. The van der Waals surface area contributed by atoms with Crippen LogP contribution in [0.25, 0.3) is 32.9 Å². The molecule has 0 spiro atoms. The highest BCUT2D eigenvalue weighted by atomic mass is 16.5. The Morgan fingerprint density at radius 1 is 0.825 bits per heavy atom. The van der Waals surface area contributed by atoms with Crippen molar-refractivity contribution in [2.45, 2.75) is 0 Å². The average molecular weight is 530 g/mol. The average Bonchev–Trinajstić information content (AvgIpc) is 3.36. The number of carbonyl (C=O) groups excluding carboxylic acids is 1. The standard InChI is InChI=1S/C31H23N5O4/c1-40-27-16-19(18-7-3-2-4-8-18)11-13-25(27)35-36-28-22-10-6-5-9-20(22)15-23(29(28)37)30(38)32-21-12-14-24-26(17-21)34-31(39)33-24/h2-17,37H,1H3,(H,32,38)(H2,33,34,39)/b36-35+. The van der Waals surface area contributed by atoms with Crippen molar-refractivity contribution in [3.8, 4) is 22.6 Å². The number of phenols is 1. The van der Waals surface area contributed by atoms with Crippen molar-refractivity contribution in [1.82, 2.24) is 9.97 Å². The van der Waals surface area contributed by atoms with Gasteiger partial charge in [0.25, 0.3) is 5.91 Å². The number of aromatic amines is 2. The summed E-state index contributed by atoms with van der Waals surface area (Å²) in [5.74, 6) is -0.335. The van der Waals surface area contributed by atoms with Crippen molar-refractivity contribution in [3.63, 3.8) is 0 Å². The molecule has 6 rings (SSSR count). The number of nitrogens with zero attached hydrogens (tertiary/aromatic N) is 2. The number of imidazole rings is 1. The number of benzene rings is 5. The number of amides is 1. The summed E-state index contributed by atoms with van der Waals surface area (Å²) in [5.41, 5.74) is 3.93. The van der Waals surface area contributed by atoms with Crippen molar-refractivity contribution < 1.29 is 14.6 Å². The molecule has 1 amide bonds. The zero-order valence-corrected chi connectivity index (χ0v) is 21.3. The predicted molar refractivity (Wildman–Crippen MR) is 155 cm³/mol. The molecule has 1 heterocycles. The number of rotatable bonds is 6. The van der Waals surface area contributed by atoms with Gasteiger partial charge in [0.15, 0.2) is 5.75 Å². The lowest BCUT2D eigenvalue weighted by atomic mass is 10.0. The van der Waals surface area contributed by atoms with Gasteiger partial charge in [-0.05, 0) is 52.9 Å². The molecule has 0 aliphatic heterocycles. The van der Waals surface area contributed by atoms with Crippen LogP contribution in [-0.4, -0.2) is 28.1 Å². The molecule has 1 aromatic heterocycles. The summed E-state index contributed by atoms with van der Waals surface area (Å²) in [6.07, 6.45) is 0. The molecular formula is C31H23N5O4. The summed E-state index contributed by atoms with van der Waals surface area (Å²) in [4.78, 5) is 30.2. The van der Waals surface area contributed by atoms with Crippen molar-refractivity contribution in [2.24, 2.45) is 10.2 Å². The number of aromatic nitrogens is 2. The molecule has 0 fully saturated rings. The first-order valence-corrected chi connectivity index (χ1v) is 12.4. The van der Waals surface area contributed by atoms with Crippen molar-refractivity contribution >= 4 is 44.8 Å². The third kappa shape index (κ3) is 4.67. The fourth-order valence-corrected chi connectivity index (χ4v) is 4.57. The summed E-state index contributed by atoms with van der Waals surface area (Å²) in [7, 11) is 1.56. The van der Waals surface area contributed by atoms with Gasteiger partial charge < -0.3 is 25.1 Å². The van der Waals surface area contributed by atoms with Crippen LogP contribution in [0.5, 0.6) is 11.5 Å². The van der Waals surface area contributed by atoms with E-state index in [0.29, 0.717) is 38.9 Å². The quantitative estimate of drug-likeness (QED) is 0.172. The number of methoxy groups -OCH3 is 1. The summed E-state index contributed by atoms with van der Waals surface area (Å²) in [6, 6.07) is 29.4. The van der Waals surface area contributed by atoms with E-state index in [4.69, 9.17) is 4.74 Å². The maximum absolute atomic E-state index is 13.3. The molecule has 0 saturated heterocycles. The van der Waals surface area contributed by atoms with E-state index in [1.165, 1.54) is 0 Å². The van der Waals surface area contributed by atoms with Gasteiger partial charge in [0.2, 0.25) is 0 Å². The third-order valence-corrected chi connectivity index (χ3v) is 6.56. The molecule has 0 radical (unpaired) electrons. The molecule has 4 N–H and O–H groups in total. The second-order valence-electron chi connectivity index (χ2n) is 9.09. The Kier molecular flexibility index (Phi) is 6.29. The van der Waals surface area contributed by atoms with E-state index < -0.39 is 5.91 Å². The molecule has 5 aromatic carbocycles. The van der Waals surface area contributed by atoms with Gasteiger partial charge in [-0.15, -0.1) is 10.2 Å². The summed E-state index contributed by atoms with van der Waals surface area (Å²) in [6.45, 7) is 0. The second kappa shape index (κ2) is 10.2. The van der Waals surface area contributed by atoms with Crippen LogP contribution < -0.4 is 15.7 Å². The van der Waals surface area contributed by atoms with E-state index in [1.807, 2.05) is 60.7 Å². The number of nitrogens with one attached hydrogen (secondary N) is 3. The van der Waals surface area contributed by atoms with Crippen LogP contribution in [-0.2, 0) is 0 Å². The first kappa shape index (κ1) is 24.6. The number of hydrogen-bond donors (Lipinski definition) is 4. The van der Waals surface area contributed by atoms with Gasteiger partial charge in [0.05, 0.1) is 23.7 Å². The normalized spacial score (nSPS) is 11.3. The Bertz CT molecular complexity index is 1980. The monoisotopic (exact) mass is 529 g/mol. The molecule has 9 heteroatoms. The lowest BCUT2D eigenvalue weighted by Gasteiger charge is -2.12. The fourth-order valence-electron chi connectivity index (χ4n) is 4.57. The van der Waals surface area contributed by atoms with Crippen LogP contribution in [0.2, 0.25) is 0 Å². The Hall–Kier alpha value is -5.70. The van der Waals surface area contributed by atoms with Crippen molar-refractivity contribution in [3.05, 3.63) is 113 Å². The highest BCUT2D eigenvalue weighted by Crippen LogP contribution is 2.41. The SMILES string of the molecule is COc1cc(-c2ccccc2)ccc1/N=N/c1c(O)c(C(=O)Nc2ccc3[nH]c(=O)[nH]c3c2)cc2ccccc12. The second-order valence-corrected chi connectivity index (χ2v) is 9.09. The van der Waals surface area contributed by atoms with Crippen LogP contribution in [0.1, 0.15) is 10.4 Å². The van der Waals surface area contributed by atoms with Crippen molar-refractivity contribution in [2.75, 3.05) is 12.4 Å². The van der Waals surface area contributed by atoms with Gasteiger partial charge in [0.1, 0.15) is 17.1 Å². The Labute approximate surface area is 227 Å². The first-order chi connectivity index (χ1) is 19.5. The maximum atomic E-state index is 13.3. The van der Waals surface area contributed by atoms with Gasteiger partial charge >= 0.3 is 5.69 Å². The number of fused-ring (bicyclic) bond motifs is 2. The molecule has 6 aromatic rings. The third-order valence-electron chi connectivity index (χ3n) is 6.56. The molecule has 0 aliphatic carbocycles. The molecule has 0 bridgehead atoms. The number of hydrogen-bond acceptors (Lipinski definition) is 6. The van der Waals surface area contributed by atoms with E-state index in [0.717, 1.165) is 11.1 Å². The number of carbonyl (C=O) groups is 1. The number of azo groups is 1. The molecule has 40 heavy (non-hydrogen) atoms. The molecule has 0 unspecified atom stereocenters. The topological polar surface area (TPSA) is 132 Å².